The van der Waals surface area contributed by atoms with E-state index in [0.717, 1.165) is 16.5 Å². The van der Waals surface area contributed by atoms with E-state index in [-0.39, 0.29) is 60.7 Å². The molecular formula is C49H56ClN3O10S. The molecule has 0 radical (unpaired) electrons. The minimum atomic E-state index is -3.95. The van der Waals surface area contributed by atoms with Crippen molar-refractivity contribution < 1.29 is 46.8 Å². The predicted molar refractivity (Wildman–Crippen MR) is 246 cm³/mol. The highest BCUT2D eigenvalue weighted by atomic mass is 35.5. The van der Waals surface area contributed by atoms with Crippen molar-refractivity contribution in [1.82, 2.24) is 10.2 Å². The maximum atomic E-state index is 14.7. The fourth-order valence-electron chi connectivity index (χ4n) is 7.85. The third-order valence-corrected chi connectivity index (χ3v) is 12.7. The van der Waals surface area contributed by atoms with E-state index in [1.54, 1.807) is 43.3 Å². The van der Waals surface area contributed by atoms with Crippen molar-refractivity contribution in [2.45, 2.75) is 77.8 Å². The topological polar surface area (TPSA) is 210 Å². The molecule has 64 heavy (non-hydrogen) atoms. The quantitative estimate of drug-likeness (QED) is 0.0458. The molecule has 4 aromatic carbocycles. The summed E-state index contributed by atoms with van der Waals surface area (Å²) in [5.41, 5.74) is 9.16. The van der Waals surface area contributed by atoms with Crippen molar-refractivity contribution in [3.63, 3.8) is 0 Å². The number of hydrogen-bond acceptors (Lipinski definition) is 11. The van der Waals surface area contributed by atoms with Crippen molar-refractivity contribution in [3.05, 3.63) is 118 Å². The number of carbonyl (C=O) groups excluding carboxylic acids is 5. The van der Waals surface area contributed by atoms with Crippen LogP contribution in [-0.2, 0) is 39.9 Å². The molecule has 0 saturated heterocycles. The number of nitrogens with one attached hydrogen (secondary N) is 1. The number of halogens is 1. The predicted octanol–water partition coefficient (Wildman–Crippen LogP) is 7.71. The molecule has 0 aromatic heterocycles. The Kier molecular flexibility index (Phi) is 17.2. The average molecular weight is 915 g/mol. The zero-order chi connectivity index (χ0) is 46.7. The average Bonchev–Trinajstić information content (AvgIpc) is 3.26. The molecule has 4 aromatic rings. The third-order valence-electron chi connectivity index (χ3n) is 11.4. The highest BCUT2D eigenvalue weighted by Crippen LogP contribution is 2.40. The number of nitrogens with zero attached hydrogens (tertiary/aromatic N) is 1. The van der Waals surface area contributed by atoms with Crippen LogP contribution in [0.25, 0.3) is 22.3 Å². The van der Waals surface area contributed by atoms with Gasteiger partial charge in [-0.2, -0.15) is 8.42 Å². The molecule has 5 rings (SSSR count). The van der Waals surface area contributed by atoms with E-state index in [4.69, 9.17) is 21.5 Å². The molecular weight excluding hydrogens is 858 g/mol. The maximum absolute atomic E-state index is 14.7. The minimum absolute atomic E-state index is 0.0245. The lowest BCUT2D eigenvalue weighted by atomic mass is 9.87. The van der Waals surface area contributed by atoms with Crippen molar-refractivity contribution in [1.29, 1.82) is 0 Å². The van der Waals surface area contributed by atoms with Crippen LogP contribution in [0.15, 0.2) is 96.4 Å². The van der Waals surface area contributed by atoms with Gasteiger partial charge in [-0.15, -0.1) is 0 Å². The van der Waals surface area contributed by atoms with Crippen LogP contribution >= 0.6 is 11.6 Å². The van der Waals surface area contributed by atoms with Crippen LogP contribution in [0, 0.1) is 17.8 Å². The normalized spacial score (nSPS) is 17.9. The van der Waals surface area contributed by atoms with E-state index < -0.39 is 63.3 Å². The summed E-state index contributed by atoms with van der Waals surface area (Å²) < 4.78 is 28.9. The Bertz CT molecular complexity index is 2470. The first kappa shape index (κ1) is 49.3. The van der Waals surface area contributed by atoms with Crippen molar-refractivity contribution >= 4 is 50.9 Å². The number of allylic oxidation sites excluding steroid dienone is 1. The van der Waals surface area contributed by atoms with Crippen LogP contribution in [0.1, 0.15) is 86.8 Å². The summed E-state index contributed by atoms with van der Waals surface area (Å²) in [6, 6.07) is 20.9. The molecule has 1 heterocycles. The summed E-state index contributed by atoms with van der Waals surface area (Å²) in [5, 5.41) is 26.6. The summed E-state index contributed by atoms with van der Waals surface area (Å²) in [6.07, 6.45) is 2.11. The van der Waals surface area contributed by atoms with Gasteiger partial charge < -0.3 is 26.2 Å². The number of fused-ring (bicyclic) bond motifs is 5. The molecule has 2 amide bonds. The molecule has 1 aliphatic rings. The van der Waals surface area contributed by atoms with Crippen LogP contribution in [0.2, 0.25) is 5.02 Å². The highest BCUT2D eigenvalue weighted by Gasteiger charge is 2.36. The smallest absolute Gasteiger partial charge is 0.289 e. The van der Waals surface area contributed by atoms with E-state index in [1.807, 2.05) is 24.3 Å². The first-order valence-corrected chi connectivity index (χ1v) is 23.2. The van der Waals surface area contributed by atoms with Gasteiger partial charge in [-0.3, -0.25) is 28.2 Å². The number of aromatic hydroxyl groups is 2. The van der Waals surface area contributed by atoms with E-state index in [9.17, 15) is 42.6 Å². The number of nitrogens with two attached hydrogens (primary N) is 1. The summed E-state index contributed by atoms with van der Waals surface area (Å²) >= 11 is 6.06. The molecule has 0 fully saturated rings. The van der Waals surface area contributed by atoms with E-state index in [2.05, 4.69) is 5.32 Å². The van der Waals surface area contributed by atoms with Gasteiger partial charge in [0.05, 0.1) is 18.1 Å². The molecule has 4 bridgehead atoms. The molecule has 0 aliphatic carbocycles. The fourth-order valence-corrected chi connectivity index (χ4v) is 8.84. The van der Waals surface area contributed by atoms with Gasteiger partial charge in [-0.25, -0.2) is 0 Å². The van der Waals surface area contributed by atoms with Gasteiger partial charge in [0.25, 0.3) is 10.1 Å². The first-order valence-electron chi connectivity index (χ1n) is 21.4. The number of amides is 2. The molecule has 15 heteroatoms. The molecule has 0 spiro atoms. The molecule has 1 aliphatic heterocycles. The number of rotatable bonds is 17. The van der Waals surface area contributed by atoms with E-state index in [1.165, 1.54) is 56.1 Å². The lowest BCUT2D eigenvalue weighted by Gasteiger charge is -2.32. The van der Waals surface area contributed by atoms with Gasteiger partial charge in [0.15, 0.2) is 17.3 Å². The minimum Gasteiger partial charge on any atom is -0.507 e. The largest absolute Gasteiger partial charge is 0.507 e. The zero-order valence-electron chi connectivity index (χ0n) is 36.5. The third kappa shape index (κ3) is 13.0. The van der Waals surface area contributed by atoms with E-state index >= 15 is 0 Å². The monoisotopic (exact) mass is 913 g/mol. The molecule has 5 atom stereocenters. The van der Waals surface area contributed by atoms with Gasteiger partial charge in [-0.1, -0.05) is 86.5 Å². The van der Waals surface area contributed by atoms with Crippen LogP contribution < -0.4 is 11.1 Å². The number of carbonyl (C=O) groups is 5. The summed E-state index contributed by atoms with van der Waals surface area (Å²) in [4.78, 5) is 72.0. The van der Waals surface area contributed by atoms with Crippen LogP contribution in [-0.4, -0.2) is 78.9 Å². The number of likely N-dealkylation sites (N-methyl/N-ethyl adjacent to an activating group) is 1. The number of unbranched alkanes of at least 4 members (excludes halogenated alkanes) is 1. The Morgan fingerprint density at radius 3 is 2.17 bits per heavy atom. The number of hydrogen-bond donors (Lipinski definition) is 4. The van der Waals surface area contributed by atoms with Gasteiger partial charge >= 0.3 is 0 Å². The van der Waals surface area contributed by atoms with Gasteiger partial charge in [0.2, 0.25) is 11.8 Å². The molecule has 0 unspecified atom stereocenters. The summed E-state index contributed by atoms with van der Waals surface area (Å²) in [5.74, 6) is -5.12. The Morgan fingerprint density at radius 1 is 0.906 bits per heavy atom. The molecule has 5 N–H and O–H groups in total. The van der Waals surface area contributed by atoms with Crippen molar-refractivity contribution in [2.24, 2.45) is 23.5 Å². The number of phenols is 2. The Morgan fingerprint density at radius 2 is 1.53 bits per heavy atom. The Balaban J connectivity index is 1.47. The van der Waals surface area contributed by atoms with Crippen LogP contribution in [0.5, 0.6) is 11.5 Å². The van der Waals surface area contributed by atoms with Crippen LogP contribution in [0.3, 0.4) is 0 Å². The Labute approximate surface area is 379 Å². The van der Waals surface area contributed by atoms with Crippen LogP contribution in [0.4, 0.5) is 0 Å². The first-order chi connectivity index (χ1) is 30.4. The lowest BCUT2D eigenvalue weighted by Crippen LogP contribution is -2.46. The second-order valence-corrected chi connectivity index (χ2v) is 18.3. The molecule has 340 valence electrons. The second kappa shape index (κ2) is 22.3. The number of benzene rings is 4. The lowest BCUT2D eigenvalue weighted by molar-refractivity contribution is -0.142. The van der Waals surface area contributed by atoms with Gasteiger partial charge in [0, 0.05) is 59.9 Å². The summed E-state index contributed by atoms with van der Waals surface area (Å²) in [7, 11) is -2.48. The van der Waals surface area contributed by atoms with Gasteiger partial charge in [0.1, 0.15) is 17.5 Å². The Hall–Kier alpha value is -5.67. The number of phenolic OH excluding ortho intramolecular Hbond substituents is 2. The number of ketones is 3. The van der Waals surface area contributed by atoms with E-state index in [0.29, 0.717) is 47.5 Å². The van der Waals surface area contributed by atoms with Crippen molar-refractivity contribution in [2.75, 3.05) is 20.2 Å². The second-order valence-electron chi connectivity index (χ2n) is 16.4. The zero-order valence-corrected chi connectivity index (χ0v) is 38.0. The maximum Gasteiger partial charge on any atom is 0.289 e. The van der Waals surface area contributed by atoms with Gasteiger partial charge in [-0.05, 0) is 97.3 Å². The molecule has 0 saturated carbocycles. The van der Waals surface area contributed by atoms with Crippen molar-refractivity contribution in [3.8, 4) is 33.8 Å². The standard InChI is InChI=1S/C49H56ClN3O10S/c1-5-63-64(61,62)23-21-30(2)24-45(57)41-27-32-9-19-42(54)39(26-32)40-28-36(16-20-43(40)55)47(46(58)25-31(3)48(59)52-41)53(4)49(60)37(8-6-7-22-51)29-44(56)35-12-10-33(11-13-35)34-14-17-38(50)18-15-34/h9-21,23,26,28,30-31,37,41,47,54-55H,5-8,22,24-25,27,29,51H2,1-4H3,(H,52,59)/b23-21+/t30-,31+,37+,41-,47-/m0/s1. The fraction of sp³-hybridized carbons (Fsp3) is 0.367. The summed E-state index contributed by atoms with van der Waals surface area (Å²) in [6.45, 7) is 5.04. The highest BCUT2D eigenvalue weighted by molar-refractivity contribution is 7.89. The number of Topliss-reactive ketones (excluding diaryl/α,β-unsaturated/α-hetero) is 3. The SMILES string of the molecule is CCOS(=O)(=O)/C=C/[C@H](C)CC(=O)[C@@H]1Cc2ccc(O)c(c2)-c2cc(ccc2O)[C@H](N(C)C(=O)[C@H](CCCCN)CC(=O)c2ccc(-c3ccc(Cl)cc3)cc2)C(=O)C[C@@H](C)C(=O)N1. The molecule has 13 nitrogen and oxygen atoms in total.